The maximum atomic E-state index is 12.5. The summed E-state index contributed by atoms with van der Waals surface area (Å²) in [6.07, 6.45) is 0.566. The number of rotatable bonds is 6. The Bertz CT molecular complexity index is 700. The van der Waals surface area contributed by atoms with Crippen LogP contribution in [0, 0.1) is 6.92 Å². The van der Waals surface area contributed by atoms with Gasteiger partial charge in [-0.3, -0.25) is 0 Å². The Hall–Kier alpha value is -1.76. The minimum absolute atomic E-state index is 0.00152. The van der Waals surface area contributed by atoms with E-state index in [1.807, 2.05) is 19.1 Å². The van der Waals surface area contributed by atoms with Crippen molar-refractivity contribution in [1.29, 1.82) is 0 Å². The third kappa shape index (κ3) is 3.71. The smallest absolute Gasteiger partial charge is 0.260 e. The van der Waals surface area contributed by atoms with Crippen molar-refractivity contribution < 1.29 is 13.5 Å². The molecule has 2 aromatic rings. The Balaban J connectivity index is 2.20. The van der Waals surface area contributed by atoms with Crippen LogP contribution in [-0.2, 0) is 10.0 Å². The molecule has 0 amide bonds. The molecular formula is C16H20N2O3S. The highest BCUT2D eigenvalue weighted by Gasteiger charge is 2.26. The Kier molecular flexibility index (Phi) is 5.28. The number of benzene rings is 1. The van der Waals surface area contributed by atoms with Gasteiger partial charge in [0.15, 0.2) is 5.03 Å². The van der Waals surface area contributed by atoms with Crippen LogP contribution in [0.3, 0.4) is 0 Å². The summed E-state index contributed by atoms with van der Waals surface area (Å²) in [5, 5.41) is 10.3. The van der Waals surface area contributed by atoms with Crippen LogP contribution in [0.4, 0.5) is 0 Å². The van der Waals surface area contributed by atoms with E-state index in [9.17, 15) is 13.5 Å². The molecule has 1 aromatic heterocycles. The van der Waals surface area contributed by atoms with Gasteiger partial charge in [-0.1, -0.05) is 42.8 Å². The van der Waals surface area contributed by atoms with Gasteiger partial charge in [-0.05, 0) is 24.6 Å². The van der Waals surface area contributed by atoms with E-state index in [1.54, 1.807) is 31.2 Å². The number of aromatic nitrogens is 1. The minimum atomic E-state index is -3.70. The first-order chi connectivity index (χ1) is 10.4. The van der Waals surface area contributed by atoms with Crippen molar-refractivity contribution in [3.05, 3.63) is 59.8 Å². The molecule has 1 unspecified atom stereocenters. The summed E-state index contributed by atoms with van der Waals surface area (Å²) < 4.78 is 26.3. The van der Waals surface area contributed by atoms with Crippen molar-refractivity contribution >= 4 is 10.0 Å². The largest absolute Gasteiger partial charge is 0.387 e. The second-order valence-corrected chi connectivity index (χ2v) is 6.93. The van der Waals surface area contributed by atoms with Crippen molar-refractivity contribution in [3.63, 3.8) is 0 Å². The van der Waals surface area contributed by atoms with Crippen molar-refractivity contribution in [2.45, 2.75) is 25.0 Å². The molecule has 0 radical (unpaired) electrons. The van der Waals surface area contributed by atoms with E-state index in [2.05, 4.69) is 4.98 Å². The Morgan fingerprint density at radius 3 is 2.41 bits per heavy atom. The molecule has 22 heavy (non-hydrogen) atoms. The molecule has 0 saturated heterocycles. The average molecular weight is 320 g/mol. The molecule has 0 saturated carbocycles. The Morgan fingerprint density at radius 2 is 1.86 bits per heavy atom. The second kappa shape index (κ2) is 7.00. The van der Waals surface area contributed by atoms with E-state index in [4.69, 9.17) is 0 Å². The zero-order chi connectivity index (χ0) is 16.2. The lowest BCUT2D eigenvalue weighted by molar-refractivity contribution is 0.149. The Morgan fingerprint density at radius 1 is 1.18 bits per heavy atom. The van der Waals surface area contributed by atoms with Gasteiger partial charge in [-0.15, -0.1) is 0 Å². The van der Waals surface area contributed by atoms with E-state index >= 15 is 0 Å². The average Bonchev–Trinajstić information content (AvgIpc) is 2.53. The summed E-state index contributed by atoms with van der Waals surface area (Å²) in [7, 11) is -3.70. The predicted molar refractivity (Wildman–Crippen MR) is 84.8 cm³/mol. The summed E-state index contributed by atoms with van der Waals surface area (Å²) in [5.41, 5.74) is 1.78. The maximum Gasteiger partial charge on any atom is 0.260 e. The van der Waals surface area contributed by atoms with Crippen molar-refractivity contribution in [2.24, 2.45) is 0 Å². The fourth-order valence-electron chi connectivity index (χ4n) is 2.12. The van der Waals surface area contributed by atoms with Gasteiger partial charge < -0.3 is 5.11 Å². The molecule has 1 aromatic carbocycles. The maximum absolute atomic E-state index is 12.5. The van der Waals surface area contributed by atoms with E-state index in [0.29, 0.717) is 5.56 Å². The first-order valence-electron chi connectivity index (χ1n) is 7.11. The highest BCUT2D eigenvalue weighted by molar-refractivity contribution is 7.89. The number of nitrogens with zero attached hydrogens (tertiary/aromatic N) is 2. The van der Waals surface area contributed by atoms with Crippen LogP contribution in [0.1, 0.15) is 24.2 Å². The molecule has 0 fully saturated rings. The number of likely N-dealkylation sites (N-methyl/N-ethyl adjacent to an activating group) is 1. The standard InChI is InChI=1S/C16H20N2O3S/c1-3-18(22(20,21)16-6-4-5-11-17-16)12-15(19)14-9-7-13(2)8-10-14/h4-11,15,19H,3,12H2,1-2H3. The molecule has 1 heterocycles. The van der Waals surface area contributed by atoms with E-state index < -0.39 is 16.1 Å². The van der Waals surface area contributed by atoms with Gasteiger partial charge in [-0.2, -0.15) is 4.31 Å². The highest BCUT2D eigenvalue weighted by atomic mass is 32.2. The van der Waals surface area contributed by atoms with Crippen LogP contribution < -0.4 is 0 Å². The lowest BCUT2D eigenvalue weighted by atomic mass is 10.1. The van der Waals surface area contributed by atoms with Crippen molar-refractivity contribution in [2.75, 3.05) is 13.1 Å². The van der Waals surface area contributed by atoms with Crippen LogP contribution in [-0.4, -0.2) is 35.9 Å². The molecule has 118 valence electrons. The number of aryl methyl sites for hydroxylation is 1. The van der Waals surface area contributed by atoms with Crippen molar-refractivity contribution in [3.8, 4) is 0 Å². The molecule has 0 aliphatic heterocycles. The number of sulfonamides is 1. The van der Waals surface area contributed by atoms with Gasteiger partial charge in [0.05, 0.1) is 6.10 Å². The number of hydrogen-bond donors (Lipinski definition) is 1. The summed E-state index contributed by atoms with van der Waals surface area (Å²) in [4.78, 5) is 3.90. The van der Waals surface area contributed by atoms with Crippen LogP contribution in [0.25, 0.3) is 0 Å². The number of hydrogen-bond acceptors (Lipinski definition) is 4. The Labute approximate surface area is 131 Å². The molecule has 5 nitrogen and oxygen atoms in total. The van der Waals surface area contributed by atoms with Crippen LogP contribution in [0.15, 0.2) is 53.7 Å². The monoisotopic (exact) mass is 320 g/mol. The van der Waals surface area contributed by atoms with Gasteiger partial charge in [0.1, 0.15) is 0 Å². The second-order valence-electron chi connectivity index (χ2n) is 5.05. The molecule has 1 N–H and O–H groups in total. The fraction of sp³-hybridized carbons (Fsp3) is 0.312. The van der Waals surface area contributed by atoms with Gasteiger partial charge in [0.25, 0.3) is 10.0 Å². The molecule has 1 atom stereocenters. The van der Waals surface area contributed by atoms with Crippen LogP contribution in [0.2, 0.25) is 0 Å². The normalized spacial score (nSPS) is 13.3. The SMILES string of the molecule is CCN(CC(O)c1ccc(C)cc1)S(=O)(=O)c1ccccn1. The zero-order valence-corrected chi connectivity index (χ0v) is 13.5. The lowest BCUT2D eigenvalue weighted by Crippen LogP contribution is -2.35. The third-order valence-corrected chi connectivity index (χ3v) is 5.29. The quantitative estimate of drug-likeness (QED) is 0.885. The van der Waals surface area contributed by atoms with Crippen molar-refractivity contribution in [1.82, 2.24) is 9.29 Å². The topological polar surface area (TPSA) is 70.5 Å². The summed E-state index contributed by atoms with van der Waals surface area (Å²) in [5.74, 6) is 0. The van der Waals surface area contributed by atoms with Gasteiger partial charge in [0, 0.05) is 19.3 Å². The van der Waals surface area contributed by atoms with E-state index in [0.717, 1.165) is 5.56 Å². The first kappa shape index (κ1) is 16.6. The predicted octanol–water partition coefficient (Wildman–Crippen LogP) is 2.13. The number of pyridine rings is 1. The van der Waals surface area contributed by atoms with Gasteiger partial charge in [-0.25, -0.2) is 13.4 Å². The number of aliphatic hydroxyl groups is 1. The third-order valence-electron chi connectivity index (χ3n) is 3.43. The molecule has 0 aliphatic rings. The van der Waals surface area contributed by atoms with Gasteiger partial charge >= 0.3 is 0 Å². The minimum Gasteiger partial charge on any atom is -0.387 e. The van der Waals surface area contributed by atoms with Gasteiger partial charge in [0.2, 0.25) is 0 Å². The molecule has 6 heteroatoms. The molecule has 0 bridgehead atoms. The molecule has 0 aliphatic carbocycles. The van der Waals surface area contributed by atoms with Crippen LogP contribution in [0.5, 0.6) is 0 Å². The molecule has 2 rings (SSSR count). The first-order valence-corrected chi connectivity index (χ1v) is 8.55. The highest BCUT2D eigenvalue weighted by Crippen LogP contribution is 2.19. The van der Waals surface area contributed by atoms with E-state index in [-0.39, 0.29) is 18.1 Å². The number of aliphatic hydroxyl groups excluding tert-OH is 1. The molecular weight excluding hydrogens is 300 g/mol. The zero-order valence-electron chi connectivity index (χ0n) is 12.7. The van der Waals surface area contributed by atoms with E-state index in [1.165, 1.54) is 16.6 Å². The lowest BCUT2D eigenvalue weighted by Gasteiger charge is -2.23. The fourth-order valence-corrected chi connectivity index (χ4v) is 3.50. The summed E-state index contributed by atoms with van der Waals surface area (Å²) >= 11 is 0. The summed E-state index contributed by atoms with van der Waals surface area (Å²) in [6.45, 7) is 3.96. The summed E-state index contributed by atoms with van der Waals surface area (Å²) in [6, 6.07) is 12.1. The molecule has 0 spiro atoms. The van der Waals surface area contributed by atoms with Crippen LogP contribution >= 0.6 is 0 Å².